The summed E-state index contributed by atoms with van der Waals surface area (Å²) in [5, 5.41) is 9.53. The van der Waals surface area contributed by atoms with Gasteiger partial charge in [0, 0.05) is 30.6 Å². The fourth-order valence-corrected chi connectivity index (χ4v) is 2.28. The maximum Gasteiger partial charge on any atom is 0.586 e. The minimum atomic E-state index is -3.69. The van der Waals surface area contributed by atoms with Gasteiger partial charge in [0.25, 0.3) is 0 Å². The molecule has 0 saturated heterocycles. The van der Waals surface area contributed by atoms with Crippen LogP contribution in [-0.4, -0.2) is 29.0 Å². The molecule has 0 spiro atoms. The van der Waals surface area contributed by atoms with E-state index in [2.05, 4.69) is 25.2 Å². The van der Waals surface area contributed by atoms with E-state index in [1.807, 2.05) is 0 Å². The number of rotatable bonds is 4. The number of carbonyl (C=O) groups excluding carboxylic acids is 1. The maximum atomic E-state index is 13.0. The van der Waals surface area contributed by atoms with Crippen LogP contribution in [0.4, 0.5) is 14.5 Å². The molecule has 0 radical (unpaired) electrons. The predicted molar refractivity (Wildman–Crippen MR) is 83.5 cm³/mol. The van der Waals surface area contributed by atoms with Gasteiger partial charge in [-0.3, -0.25) is 9.48 Å². The highest BCUT2D eigenvalue weighted by Crippen LogP contribution is 2.42. The number of nitrogens with one attached hydrogen (secondary N) is 2. The minimum absolute atomic E-state index is 0. The highest BCUT2D eigenvalue weighted by molar-refractivity contribution is 5.95. The van der Waals surface area contributed by atoms with E-state index in [1.54, 1.807) is 31.2 Å². The third-order valence-electron chi connectivity index (χ3n) is 3.28. The molecule has 2 aromatic rings. The first-order valence-corrected chi connectivity index (χ1v) is 6.74. The van der Waals surface area contributed by atoms with Crippen molar-refractivity contribution in [3.05, 3.63) is 36.2 Å². The Morgan fingerprint density at radius 3 is 2.67 bits per heavy atom. The highest BCUT2D eigenvalue weighted by atomic mass is 35.5. The summed E-state index contributed by atoms with van der Waals surface area (Å²) < 4.78 is 36.2. The fraction of sp³-hybridized carbons (Fsp3) is 0.286. The number of hydrogen-bond acceptors (Lipinski definition) is 5. The van der Waals surface area contributed by atoms with Gasteiger partial charge in [0.1, 0.15) is 6.04 Å². The monoisotopic (exact) mass is 360 g/mol. The largest absolute Gasteiger partial charge is 0.586 e. The number of likely N-dealkylation sites (N-methyl/N-ethyl adjacent to an activating group) is 1. The first kappa shape index (κ1) is 18.0. The van der Waals surface area contributed by atoms with Crippen molar-refractivity contribution in [2.45, 2.75) is 12.3 Å². The summed E-state index contributed by atoms with van der Waals surface area (Å²) in [5.74, 6) is -0.563. The summed E-state index contributed by atoms with van der Waals surface area (Å²) in [6, 6.07) is 3.42. The standard InChI is InChI=1S/C14H14F2N4O3.ClH/c1-17-12(8-6-18-20(2)7-8)13(21)19-9-3-4-10-11(5-9)23-14(15,16)22-10;/h3-7,12,17H,1-2H3,(H,19,21);1H. The van der Waals surface area contributed by atoms with Crippen molar-refractivity contribution >= 4 is 24.0 Å². The number of aromatic nitrogens is 2. The zero-order valence-corrected chi connectivity index (χ0v) is 13.6. The Labute approximate surface area is 142 Å². The van der Waals surface area contributed by atoms with E-state index in [4.69, 9.17) is 0 Å². The molecular weight excluding hydrogens is 346 g/mol. The Kier molecular flexibility index (Phi) is 4.95. The molecule has 0 saturated carbocycles. The summed E-state index contributed by atoms with van der Waals surface area (Å²) in [6.45, 7) is 0. The van der Waals surface area contributed by atoms with Gasteiger partial charge in [-0.2, -0.15) is 5.10 Å². The summed E-state index contributed by atoms with van der Waals surface area (Å²) in [7, 11) is 3.38. The van der Waals surface area contributed by atoms with Gasteiger partial charge in [0.05, 0.1) is 6.20 Å². The number of carbonyl (C=O) groups is 1. The Bertz CT molecular complexity index is 753. The van der Waals surface area contributed by atoms with Crippen molar-refractivity contribution in [1.29, 1.82) is 0 Å². The van der Waals surface area contributed by atoms with Crippen molar-refractivity contribution in [2.75, 3.05) is 12.4 Å². The molecule has 2 heterocycles. The van der Waals surface area contributed by atoms with Crippen LogP contribution >= 0.6 is 12.4 Å². The lowest BCUT2D eigenvalue weighted by Crippen LogP contribution is -2.30. The van der Waals surface area contributed by atoms with Gasteiger partial charge in [-0.05, 0) is 19.2 Å². The van der Waals surface area contributed by atoms with Crippen LogP contribution in [0.3, 0.4) is 0 Å². The molecule has 1 aliphatic rings. The molecule has 1 atom stereocenters. The third kappa shape index (κ3) is 3.57. The molecule has 10 heteroatoms. The van der Waals surface area contributed by atoms with E-state index in [0.29, 0.717) is 11.3 Å². The average molecular weight is 361 g/mol. The number of hydrogen-bond donors (Lipinski definition) is 2. The quantitative estimate of drug-likeness (QED) is 0.872. The maximum absolute atomic E-state index is 13.0. The van der Waals surface area contributed by atoms with Crippen molar-refractivity contribution in [3.63, 3.8) is 0 Å². The number of aryl methyl sites for hydroxylation is 1. The number of fused-ring (bicyclic) bond motifs is 1. The highest BCUT2D eigenvalue weighted by Gasteiger charge is 2.43. The summed E-state index contributed by atoms with van der Waals surface area (Å²) in [5.41, 5.74) is 0.999. The molecule has 2 N–H and O–H groups in total. The van der Waals surface area contributed by atoms with Crippen molar-refractivity contribution < 1.29 is 23.0 Å². The molecule has 1 amide bonds. The molecule has 1 aromatic heterocycles. The van der Waals surface area contributed by atoms with Gasteiger partial charge in [0.15, 0.2) is 11.5 Å². The van der Waals surface area contributed by atoms with E-state index in [9.17, 15) is 13.6 Å². The van der Waals surface area contributed by atoms with E-state index < -0.39 is 12.3 Å². The number of anilines is 1. The second kappa shape index (κ2) is 6.62. The van der Waals surface area contributed by atoms with E-state index >= 15 is 0 Å². The van der Waals surface area contributed by atoms with Crippen molar-refractivity contribution in [3.8, 4) is 11.5 Å². The van der Waals surface area contributed by atoms with Crippen LogP contribution in [0.2, 0.25) is 0 Å². The van der Waals surface area contributed by atoms with Gasteiger partial charge in [-0.1, -0.05) is 0 Å². The van der Waals surface area contributed by atoms with E-state index in [1.165, 1.54) is 18.2 Å². The molecule has 0 aliphatic carbocycles. The Morgan fingerprint density at radius 1 is 1.33 bits per heavy atom. The van der Waals surface area contributed by atoms with Crippen LogP contribution in [0.25, 0.3) is 0 Å². The lowest BCUT2D eigenvalue weighted by Gasteiger charge is -2.14. The normalized spacial score (nSPS) is 15.5. The van der Waals surface area contributed by atoms with Crippen LogP contribution in [0, 0.1) is 0 Å². The molecule has 1 unspecified atom stereocenters. The second-order valence-electron chi connectivity index (χ2n) is 4.99. The summed E-state index contributed by atoms with van der Waals surface area (Å²) >= 11 is 0. The van der Waals surface area contributed by atoms with Crippen LogP contribution in [-0.2, 0) is 11.8 Å². The average Bonchev–Trinajstić information content (AvgIpc) is 3.01. The van der Waals surface area contributed by atoms with Gasteiger partial charge in [0.2, 0.25) is 5.91 Å². The Morgan fingerprint density at radius 2 is 2.04 bits per heavy atom. The molecule has 24 heavy (non-hydrogen) atoms. The number of benzene rings is 1. The van der Waals surface area contributed by atoms with Crippen LogP contribution in [0.1, 0.15) is 11.6 Å². The fourth-order valence-electron chi connectivity index (χ4n) is 2.28. The Balaban J connectivity index is 0.00000208. The van der Waals surface area contributed by atoms with Crippen LogP contribution in [0.5, 0.6) is 11.5 Å². The molecule has 1 aromatic carbocycles. The van der Waals surface area contributed by atoms with E-state index in [0.717, 1.165) is 0 Å². The predicted octanol–water partition coefficient (Wildman–Crippen LogP) is 2.06. The van der Waals surface area contributed by atoms with Gasteiger partial charge >= 0.3 is 6.29 Å². The third-order valence-corrected chi connectivity index (χ3v) is 3.28. The zero-order chi connectivity index (χ0) is 16.6. The Hall–Kier alpha value is -2.39. The number of ether oxygens (including phenoxy) is 2. The summed E-state index contributed by atoms with van der Waals surface area (Å²) in [6.07, 6.45) is -0.407. The summed E-state index contributed by atoms with van der Waals surface area (Å²) in [4.78, 5) is 12.4. The molecule has 0 fully saturated rings. The SMILES string of the molecule is CNC(C(=O)Nc1ccc2c(c1)OC(F)(F)O2)c1cnn(C)c1.Cl. The first-order chi connectivity index (χ1) is 10.9. The lowest BCUT2D eigenvalue weighted by atomic mass is 10.1. The molecule has 0 bridgehead atoms. The topological polar surface area (TPSA) is 77.4 Å². The lowest BCUT2D eigenvalue weighted by molar-refractivity contribution is -0.286. The molecule has 7 nitrogen and oxygen atoms in total. The molecular formula is C14H15ClF2N4O3. The second-order valence-corrected chi connectivity index (χ2v) is 4.99. The van der Waals surface area contributed by atoms with Gasteiger partial charge < -0.3 is 20.1 Å². The number of amides is 1. The number of alkyl halides is 2. The molecule has 1 aliphatic heterocycles. The van der Waals surface area contributed by atoms with Crippen molar-refractivity contribution in [2.24, 2.45) is 7.05 Å². The van der Waals surface area contributed by atoms with Gasteiger partial charge in [-0.25, -0.2) is 0 Å². The number of nitrogens with zero attached hydrogens (tertiary/aromatic N) is 2. The molecule has 3 rings (SSSR count). The van der Waals surface area contributed by atoms with Crippen molar-refractivity contribution in [1.82, 2.24) is 15.1 Å². The van der Waals surface area contributed by atoms with Gasteiger partial charge in [-0.15, -0.1) is 21.2 Å². The van der Waals surface area contributed by atoms with E-state index in [-0.39, 0.29) is 29.8 Å². The zero-order valence-electron chi connectivity index (χ0n) is 12.7. The smallest absolute Gasteiger partial charge is 0.395 e. The number of halogens is 3. The molecule has 130 valence electrons. The van der Waals surface area contributed by atoms with Crippen LogP contribution < -0.4 is 20.1 Å². The minimum Gasteiger partial charge on any atom is -0.395 e. The van der Waals surface area contributed by atoms with Crippen LogP contribution in [0.15, 0.2) is 30.6 Å². The first-order valence-electron chi connectivity index (χ1n) is 6.74.